The highest BCUT2D eigenvalue weighted by Crippen LogP contribution is 2.20. The van der Waals surface area contributed by atoms with E-state index >= 15 is 0 Å². The van der Waals surface area contributed by atoms with Crippen molar-refractivity contribution in [2.45, 2.75) is 128 Å². The average Bonchev–Trinajstić information content (AvgIpc) is 3.27. The Labute approximate surface area is 397 Å². The summed E-state index contributed by atoms with van der Waals surface area (Å²) in [7, 11) is 0. The number of carbonyl (C=O) groups excluding carboxylic acids is 8. The summed E-state index contributed by atoms with van der Waals surface area (Å²) in [6.45, 7) is 19.1. The van der Waals surface area contributed by atoms with E-state index in [2.05, 4.69) is 49.1 Å². The third-order valence-corrected chi connectivity index (χ3v) is 11.9. The fourth-order valence-electron chi connectivity index (χ4n) is 7.29. The van der Waals surface area contributed by atoms with E-state index in [4.69, 9.17) is 0 Å². The maximum absolute atomic E-state index is 14.3. The predicted molar refractivity (Wildman–Crippen MR) is 260 cm³/mol. The monoisotopic (exact) mass is 928 g/mol. The molecule has 4 aromatic rings. The van der Waals surface area contributed by atoms with Crippen molar-refractivity contribution in [1.82, 2.24) is 42.5 Å². The second-order valence-electron chi connectivity index (χ2n) is 19.5. The van der Waals surface area contributed by atoms with Gasteiger partial charge >= 0.3 is 0 Å². The summed E-state index contributed by atoms with van der Waals surface area (Å²) in [5.41, 5.74) is -3.57. The Balaban J connectivity index is 1.44. The van der Waals surface area contributed by atoms with Crippen LogP contribution in [0.4, 0.5) is 0 Å². The number of carbonyl (C=O) groups is 8. The third kappa shape index (κ3) is 13.0. The minimum absolute atomic E-state index is 0.00606. The molecule has 4 aromatic carbocycles. The lowest BCUT2D eigenvalue weighted by Gasteiger charge is -2.35. The van der Waals surface area contributed by atoms with E-state index in [0.717, 1.165) is 10.8 Å². The first-order valence-electron chi connectivity index (χ1n) is 22.5. The lowest BCUT2D eigenvalue weighted by atomic mass is 9.95. The SMILES string of the molecule is C=C1NC(Cc2ccc(C(=O)c3ccccc3)cc2)C(=O)NC(C)(C)C(=O)NC(C)C(=O)NC(C)(C)C(=O)NC(Cc2ccc3ccccc3c2)C(=O)NC(C)(C)C(=O)NC(C)C(=O)NC1(C)C. The number of hydrogen-bond donors (Lipinski definition) is 8. The maximum atomic E-state index is 14.3. The highest BCUT2D eigenvalue weighted by atomic mass is 16.2. The summed E-state index contributed by atoms with van der Waals surface area (Å²) < 4.78 is 0. The van der Waals surface area contributed by atoms with Gasteiger partial charge in [0.25, 0.3) is 0 Å². The lowest BCUT2D eigenvalue weighted by molar-refractivity contribution is -0.138. The van der Waals surface area contributed by atoms with Crippen molar-refractivity contribution in [2.75, 3.05) is 0 Å². The molecule has 360 valence electrons. The molecule has 5 rings (SSSR count). The number of ketones is 1. The van der Waals surface area contributed by atoms with Crippen LogP contribution in [0, 0.1) is 0 Å². The third-order valence-electron chi connectivity index (χ3n) is 11.9. The van der Waals surface area contributed by atoms with Crippen molar-refractivity contribution in [1.29, 1.82) is 0 Å². The Morgan fingerprint density at radius 2 is 0.853 bits per heavy atom. The van der Waals surface area contributed by atoms with Gasteiger partial charge in [-0.2, -0.15) is 0 Å². The number of fused-ring (bicyclic) bond motifs is 1. The Morgan fingerprint density at radius 3 is 1.38 bits per heavy atom. The van der Waals surface area contributed by atoms with E-state index in [9.17, 15) is 38.4 Å². The first-order chi connectivity index (χ1) is 31.7. The molecule has 0 radical (unpaired) electrons. The van der Waals surface area contributed by atoms with Crippen LogP contribution >= 0.6 is 0 Å². The fraction of sp³-hybridized carbons (Fsp3) is 0.385. The van der Waals surface area contributed by atoms with E-state index < -0.39 is 87.7 Å². The maximum Gasteiger partial charge on any atom is 0.245 e. The van der Waals surface area contributed by atoms with Crippen LogP contribution in [-0.4, -0.2) is 93.5 Å². The lowest BCUT2D eigenvalue weighted by Crippen LogP contribution is -2.65. The fourth-order valence-corrected chi connectivity index (χ4v) is 7.29. The molecule has 0 spiro atoms. The summed E-state index contributed by atoms with van der Waals surface area (Å²) in [5, 5.41) is 24.1. The zero-order valence-electron chi connectivity index (χ0n) is 40.4. The summed E-state index contributed by atoms with van der Waals surface area (Å²) in [5.74, 6) is -5.02. The quantitative estimate of drug-likeness (QED) is 0.132. The smallest absolute Gasteiger partial charge is 0.245 e. The van der Waals surface area contributed by atoms with Gasteiger partial charge in [-0.05, 0) is 91.1 Å². The average molecular weight is 929 g/mol. The molecular formula is C52H64N8O8. The highest BCUT2D eigenvalue weighted by molar-refractivity contribution is 6.09. The molecule has 4 unspecified atom stereocenters. The first kappa shape index (κ1) is 51.6. The molecule has 68 heavy (non-hydrogen) atoms. The molecule has 0 saturated carbocycles. The zero-order valence-corrected chi connectivity index (χ0v) is 40.4. The molecule has 1 aliphatic rings. The standard InChI is InChI=1S/C52H64N8O8/c1-30-42(62)57-49(4,5)32(3)55-39(28-33-21-25-37(26-22-33)41(61)36-18-13-12-14-19-36)44(64)59-50(6,7)46(66)54-31(2)43(63)58-52(10,11)48(68)56-40(45(65)60-51(8,9)47(67)53-30)29-34-23-24-35-17-15-16-20-38(35)27-34/h12-27,30-31,39-40,55H,3,28-29H2,1-2,4-11H3,(H,53,67)(H,54,66)(H,56,68)(H,57,62)(H,58,63)(H,59,64)(H,60,65). The molecule has 7 amide bonds. The van der Waals surface area contributed by atoms with Crippen LogP contribution in [0.15, 0.2) is 109 Å². The Morgan fingerprint density at radius 1 is 0.456 bits per heavy atom. The van der Waals surface area contributed by atoms with E-state index in [1.165, 1.54) is 55.4 Å². The summed E-state index contributed by atoms with van der Waals surface area (Å²) in [4.78, 5) is 111. The molecule has 16 nitrogen and oxygen atoms in total. The number of rotatable bonds is 6. The molecule has 4 atom stereocenters. The molecule has 1 heterocycles. The molecule has 1 saturated heterocycles. The van der Waals surface area contributed by atoms with Gasteiger partial charge in [0.2, 0.25) is 41.4 Å². The van der Waals surface area contributed by atoms with E-state index in [1.54, 1.807) is 62.4 Å². The van der Waals surface area contributed by atoms with E-state index in [1.807, 2.05) is 48.5 Å². The Kier molecular flexibility index (Phi) is 15.7. The second kappa shape index (κ2) is 20.7. The van der Waals surface area contributed by atoms with Crippen LogP contribution in [0.1, 0.15) is 96.3 Å². The highest BCUT2D eigenvalue weighted by Gasteiger charge is 2.40. The van der Waals surface area contributed by atoms with E-state index in [-0.39, 0.29) is 24.3 Å². The second-order valence-corrected chi connectivity index (χ2v) is 19.5. The van der Waals surface area contributed by atoms with Crippen LogP contribution in [0.25, 0.3) is 10.8 Å². The molecular weight excluding hydrogens is 865 g/mol. The van der Waals surface area contributed by atoms with Crippen LogP contribution in [-0.2, 0) is 46.4 Å². The zero-order chi connectivity index (χ0) is 50.4. The van der Waals surface area contributed by atoms with Gasteiger partial charge in [-0.15, -0.1) is 0 Å². The van der Waals surface area contributed by atoms with Gasteiger partial charge in [0.1, 0.15) is 40.8 Å². The van der Waals surface area contributed by atoms with Crippen molar-refractivity contribution in [2.24, 2.45) is 0 Å². The molecule has 0 aliphatic carbocycles. The van der Waals surface area contributed by atoms with Gasteiger partial charge < -0.3 is 42.5 Å². The van der Waals surface area contributed by atoms with E-state index in [0.29, 0.717) is 22.3 Å². The van der Waals surface area contributed by atoms with Gasteiger partial charge in [0, 0.05) is 29.7 Å². The largest absolute Gasteiger partial charge is 0.375 e. The van der Waals surface area contributed by atoms with Gasteiger partial charge in [0.05, 0.1) is 5.54 Å². The van der Waals surface area contributed by atoms with Gasteiger partial charge in [-0.25, -0.2) is 0 Å². The van der Waals surface area contributed by atoms with Gasteiger partial charge in [0.15, 0.2) is 5.78 Å². The molecule has 1 fully saturated rings. The summed E-state index contributed by atoms with van der Waals surface area (Å²) >= 11 is 0. The van der Waals surface area contributed by atoms with Crippen molar-refractivity contribution >= 4 is 57.9 Å². The Hall–Kier alpha value is -7.36. The molecule has 0 aromatic heterocycles. The number of benzene rings is 4. The van der Waals surface area contributed by atoms with Crippen LogP contribution in [0.5, 0.6) is 0 Å². The molecule has 0 bridgehead atoms. The predicted octanol–water partition coefficient (Wildman–Crippen LogP) is 3.41. The number of nitrogens with one attached hydrogen (secondary N) is 8. The normalized spacial score (nSPS) is 22.9. The molecule has 1 aliphatic heterocycles. The van der Waals surface area contributed by atoms with Crippen LogP contribution < -0.4 is 42.5 Å². The van der Waals surface area contributed by atoms with Gasteiger partial charge in [-0.1, -0.05) is 104 Å². The van der Waals surface area contributed by atoms with Crippen molar-refractivity contribution in [3.05, 3.63) is 132 Å². The summed E-state index contributed by atoms with van der Waals surface area (Å²) in [6.07, 6.45) is 0.0465. The van der Waals surface area contributed by atoms with Crippen molar-refractivity contribution in [3.63, 3.8) is 0 Å². The number of hydrogen-bond acceptors (Lipinski definition) is 9. The number of amides is 7. The summed E-state index contributed by atoms with van der Waals surface area (Å²) in [6, 6.07) is 24.1. The van der Waals surface area contributed by atoms with Crippen molar-refractivity contribution in [3.8, 4) is 0 Å². The molecule has 8 N–H and O–H groups in total. The molecule has 16 heteroatoms. The van der Waals surface area contributed by atoms with Crippen LogP contribution in [0.3, 0.4) is 0 Å². The minimum atomic E-state index is -1.63. The van der Waals surface area contributed by atoms with Gasteiger partial charge in [-0.3, -0.25) is 38.4 Å². The Bertz CT molecular complexity index is 2600. The topological polar surface area (TPSA) is 233 Å². The van der Waals surface area contributed by atoms with Crippen LogP contribution in [0.2, 0.25) is 0 Å². The van der Waals surface area contributed by atoms with Crippen molar-refractivity contribution < 1.29 is 38.4 Å². The first-order valence-corrected chi connectivity index (χ1v) is 22.5. The minimum Gasteiger partial charge on any atom is -0.375 e.